The van der Waals surface area contributed by atoms with E-state index in [4.69, 9.17) is 10.2 Å². The number of hydrogen-bond donors (Lipinski definition) is 2. The van der Waals surface area contributed by atoms with Crippen molar-refractivity contribution >= 4 is 0 Å². The summed E-state index contributed by atoms with van der Waals surface area (Å²) in [5.74, 6) is 0. The van der Waals surface area contributed by atoms with E-state index in [0.29, 0.717) is 13.2 Å². The molecule has 2 N–H and O–H groups in total. The van der Waals surface area contributed by atoms with E-state index in [2.05, 4.69) is 0 Å². The van der Waals surface area contributed by atoms with Gasteiger partial charge < -0.3 is 10.2 Å². The molecule has 0 atom stereocenters. The van der Waals surface area contributed by atoms with Crippen LogP contribution in [-0.4, -0.2) is 23.4 Å². The van der Waals surface area contributed by atoms with Gasteiger partial charge in [0.2, 0.25) is 0 Å². The maximum Gasteiger partial charge on any atom is 0.0431 e. The Labute approximate surface area is 158 Å². The molecule has 0 saturated heterocycles. The Balaban J connectivity index is 2.94. The molecule has 0 unspecified atom stereocenters. The topological polar surface area (TPSA) is 40.5 Å². The second kappa shape index (κ2) is 23.9. The molecule has 0 radical (unpaired) electrons. The highest BCUT2D eigenvalue weighted by molar-refractivity contribution is 4.51. The molecule has 0 bridgehead atoms. The van der Waals surface area contributed by atoms with Crippen LogP contribution in [0.5, 0.6) is 0 Å². The Bertz CT molecular complexity index is 196. The van der Waals surface area contributed by atoms with Crippen molar-refractivity contribution in [3.63, 3.8) is 0 Å². The quantitative estimate of drug-likeness (QED) is 0.202. The first-order valence-electron chi connectivity index (χ1n) is 11.6. The van der Waals surface area contributed by atoms with Crippen LogP contribution in [0.15, 0.2) is 0 Å². The Morgan fingerprint density at radius 2 is 0.320 bits per heavy atom. The van der Waals surface area contributed by atoms with Gasteiger partial charge in [0.25, 0.3) is 0 Å². The highest BCUT2D eigenvalue weighted by Gasteiger charge is 1.95. The lowest BCUT2D eigenvalue weighted by Crippen LogP contribution is -1.85. The van der Waals surface area contributed by atoms with Gasteiger partial charge in [0.15, 0.2) is 0 Å². The first kappa shape index (κ1) is 24.9. The molecule has 0 saturated carbocycles. The molecule has 0 spiro atoms. The van der Waals surface area contributed by atoms with Gasteiger partial charge in [-0.1, -0.05) is 122 Å². The van der Waals surface area contributed by atoms with Crippen LogP contribution < -0.4 is 0 Å². The molecule has 0 heterocycles. The second-order valence-electron chi connectivity index (χ2n) is 7.87. The lowest BCUT2D eigenvalue weighted by Gasteiger charge is -2.04. The van der Waals surface area contributed by atoms with Crippen LogP contribution in [0.4, 0.5) is 0 Å². The van der Waals surface area contributed by atoms with E-state index in [1.807, 2.05) is 0 Å². The molecule has 2 nitrogen and oxygen atoms in total. The fraction of sp³-hybridized carbons (Fsp3) is 1.00. The smallest absolute Gasteiger partial charge is 0.0431 e. The average molecular weight is 357 g/mol. The summed E-state index contributed by atoms with van der Waals surface area (Å²) in [6, 6.07) is 0. The van der Waals surface area contributed by atoms with Crippen LogP contribution in [-0.2, 0) is 0 Å². The third kappa shape index (κ3) is 23.9. The number of aliphatic hydroxyl groups is 2. The van der Waals surface area contributed by atoms with Crippen molar-refractivity contribution < 1.29 is 10.2 Å². The fourth-order valence-electron chi connectivity index (χ4n) is 3.58. The van der Waals surface area contributed by atoms with Crippen LogP contribution in [0.3, 0.4) is 0 Å². The normalized spacial score (nSPS) is 11.3. The Morgan fingerprint density at radius 3 is 0.440 bits per heavy atom. The molecule has 2 heteroatoms. The maximum atomic E-state index is 8.72. The van der Waals surface area contributed by atoms with Gasteiger partial charge in [-0.2, -0.15) is 0 Å². The van der Waals surface area contributed by atoms with E-state index >= 15 is 0 Å². The molecule has 0 aromatic heterocycles. The van der Waals surface area contributed by atoms with Crippen LogP contribution in [0, 0.1) is 0 Å². The minimum Gasteiger partial charge on any atom is -0.396 e. The zero-order valence-electron chi connectivity index (χ0n) is 17.2. The van der Waals surface area contributed by atoms with Crippen molar-refractivity contribution in [3.8, 4) is 0 Å². The van der Waals surface area contributed by atoms with E-state index in [9.17, 15) is 0 Å². The van der Waals surface area contributed by atoms with Gasteiger partial charge in [-0.25, -0.2) is 0 Å². The first-order valence-corrected chi connectivity index (χ1v) is 11.6. The molecule has 0 aliphatic heterocycles. The van der Waals surface area contributed by atoms with E-state index < -0.39 is 0 Å². The third-order valence-electron chi connectivity index (χ3n) is 5.32. The highest BCUT2D eigenvalue weighted by Crippen LogP contribution is 2.14. The van der Waals surface area contributed by atoms with Gasteiger partial charge in [-0.15, -0.1) is 0 Å². The summed E-state index contributed by atoms with van der Waals surface area (Å²) in [7, 11) is 0. The Morgan fingerprint density at radius 1 is 0.200 bits per heavy atom. The van der Waals surface area contributed by atoms with E-state index in [1.54, 1.807) is 0 Å². The summed E-state index contributed by atoms with van der Waals surface area (Å²) < 4.78 is 0. The molecule has 25 heavy (non-hydrogen) atoms. The Hall–Kier alpha value is -0.0800. The number of unbranched alkanes of at least 4 members (excludes halogenated alkanes) is 20. The van der Waals surface area contributed by atoms with E-state index in [1.165, 1.54) is 122 Å². The van der Waals surface area contributed by atoms with Gasteiger partial charge >= 0.3 is 0 Å². The molecular formula is C23H48O2. The van der Waals surface area contributed by atoms with Gasteiger partial charge in [-0.05, 0) is 12.8 Å². The van der Waals surface area contributed by atoms with Gasteiger partial charge in [-0.3, -0.25) is 0 Å². The SMILES string of the molecule is OCCCCCCCCCCCCCCCCCCCCCCCO. The highest BCUT2D eigenvalue weighted by atomic mass is 16.3. The van der Waals surface area contributed by atoms with Crippen molar-refractivity contribution in [1.29, 1.82) is 0 Å². The minimum absolute atomic E-state index is 0.367. The first-order chi connectivity index (χ1) is 12.4. The summed E-state index contributed by atoms with van der Waals surface area (Å²) >= 11 is 0. The molecule has 0 rings (SSSR count). The van der Waals surface area contributed by atoms with Gasteiger partial charge in [0, 0.05) is 13.2 Å². The zero-order valence-corrected chi connectivity index (χ0v) is 17.2. The molecule has 0 aromatic rings. The van der Waals surface area contributed by atoms with Crippen molar-refractivity contribution in [1.82, 2.24) is 0 Å². The molecule has 0 amide bonds. The van der Waals surface area contributed by atoms with Crippen LogP contribution >= 0.6 is 0 Å². The molecule has 0 aromatic carbocycles. The second-order valence-corrected chi connectivity index (χ2v) is 7.87. The van der Waals surface area contributed by atoms with Crippen molar-refractivity contribution in [2.45, 2.75) is 135 Å². The standard InChI is InChI=1S/C23H48O2/c24-22-20-18-16-14-12-10-8-6-4-2-1-3-5-7-9-11-13-15-17-19-21-23-25/h24-25H,1-23H2. The molecule has 152 valence electrons. The molecule has 0 fully saturated rings. The van der Waals surface area contributed by atoms with E-state index in [-0.39, 0.29) is 0 Å². The molecular weight excluding hydrogens is 308 g/mol. The fourth-order valence-corrected chi connectivity index (χ4v) is 3.58. The van der Waals surface area contributed by atoms with Crippen LogP contribution in [0.25, 0.3) is 0 Å². The number of rotatable bonds is 22. The van der Waals surface area contributed by atoms with Crippen molar-refractivity contribution in [2.75, 3.05) is 13.2 Å². The van der Waals surface area contributed by atoms with E-state index in [0.717, 1.165) is 12.8 Å². The predicted molar refractivity (Wildman–Crippen MR) is 111 cm³/mol. The third-order valence-corrected chi connectivity index (χ3v) is 5.32. The lowest BCUT2D eigenvalue weighted by atomic mass is 10.0. The van der Waals surface area contributed by atoms with Crippen LogP contribution in [0.2, 0.25) is 0 Å². The monoisotopic (exact) mass is 356 g/mol. The Kier molecular flexibility index (Phi) is 23.8. The van der Waals surface area contributed by atoms with Crippen molar-refractivity contribution in [3.05, 3.63) is 0 Å². The minimum atomic E-state index is 0.367. The van der Waals surface area contributed by atoms with Gasteiger partial charge in [0.05, 0.1) is 0 Å². The van der Waals surface area contributed by atoms with Crippen LogP contribution in [0.1, 0.15) is 135 Å². The van der Waals surface area contributed by atoms with Gasteiger partial charge in [0.1, 0.15) is 0 Å². The summed E-state index contributed by atoms with van der Waals surface area (Å²) in [6.07, 6.45) is 28.3. The average Bonchev–Trinajstić information content (AvgIpc) is 2.63. The zero-order chi connectivity index (χ0) is 18.3. The largest absolute Gasteiger partial charge is 0.396 e. The molecule has 0 aliphatic carbocycles. The van der Waals surface area contributed by atoms with Crippen molar-refractivity contribution in [2.24, 2.45) is 0 Å². The number of aliphatic hydroxyl groups excluding tert-OH is 2. The predicted octanol–water partition coefficient (Wildman–Crippen LogP) is 7.16. The maximum absolute atomic E-state index is 8.72. The summed E-state index contributed by atoms with van der Waals surface area (Å²) in [4.78, 5) is 0. The summed E-state index contributed by atoms with van der Waals surface area (Å²) in [5, 5.41) is 17.4. The summed E-state index contributed by atoms with van der Waals surface area (Å²) in [6.45, 7) is 0.734. The number of hydrogen-bond acceptors (Lipinski definition) is 2. The summed E-state index contributed by atoms with van der Waals surface area (Å²) in [5.41, 5.74) is 0. The molecule has 0 aliphatic rings. The lowest BCUT2D eigenvalue weighted by molar-refractivity contribution is 0.282.